The lowest BCUT2D eigenvalue weighted by molar-refractivity contribution is 0.174. The molecule has 0 atom stereocenters. The molecule has 100 valence electrons. The Kier molecular flexibility index (Phi) is 2.88. The van der Waals surface area contributed by atoms with E-state index in [1.54, 1.807) is 13.0 Å². The van der Waals surface area contributed by atoms with Gasteiger partial charge in [-0.1, -0.05) is 0 Å². The van der Waals surface area contributed by atoms with Crippen molar-refractivity contribution < 1.29 is 9.47 Å². The fraction of sp³-hybridized carbons (Fsp3) is 0.214. The van der Waals surface area contributed by atoms with Crippen LogP contribution in [-0.2, 0) is 0 Å². The molecule has 1 aliphatic heterocycles. The average Bonchev–Trinajstić information content (AvgIpc) is 2.93. The first kappa shape index (κ1) is 12.2. The van der Waals surface area contributed by atoms with Crippen molar-refractivity contribution in [2.45, 2.75) is 6.92 Å². The van der Waals surface area contributed by atoms with Gasteiger partial charge >= 0.3 is 0 Å². The molecule has 20 heavy (non-hydrogen) atoms. The number of benzene rings is 1. The van der Waals surface area contributed by atoms with Crippen molar-refractivity contribution in [3.05, 3.63) is 35.8 Å². The van der Waals surface area contributed by atoms with Crippen LogP contribution in [0.1, 0.15) is 11.5 Å². The van der Waals surface area contributed by atoms with Gasteiger partial charge in [0.05, 0.1) is 0 Å². The summed E-state index contributed by atoms with van der Waals surface area (Å²) in [4.78, 5) is 10.3. The van der Waals surface area contributed by atoms with Crippen molar-refractivity contribution in [3.8, 4) is 17.6 Å². The minimum absolute atomic E-state index is 0.244. The molecule has 1 aromatic carbocycles. The largest absolute Gasteiger partial charge is 0.454 e. The lowest BCUT2D eigenvalue weighted by Gasteiger charge is -2.19. The maximum Gasteiger partial charge on any atom is 0.231 e. The van der Waals surface area contributed by atoms with Crippen LogP contribution in [-0.4, -0.2) is 23.8 Å². The Labute approximate surface area is 116 Å². The number of aryl methyl sites for hydroxylation is 1. The summed E-state index contributed by atoms with van der Waals surface area (Å²) in [7, 11) is 1.88. The van der Waals surface area contributed by atoms with E-state index >= 15 is 0 Å². The third-order valence-corrected chi connectivity index (χ3v) is 3.03. The number of nitriles is 1. The van der Waals surface area contributed by atoms with Crippen molar-refractivity contribution >= 4 is 11.5 Å². The molecular formula is C14H12N4O2. The summed E-state index contributed by atoms with van der Waals surface area (Å²) in [6.45, 7) is 2.01. The van der Waals surface area contributed by atoms with E-state index in [0.29, 0.717) is 23.1 Å². The zero-order valence-corrected chi connectivity index (χ0v) is 11.1. The monoisotopic (exact) mass is 268 g/mol. The van der Waals surface area contributed by atoms with E-state index < -0.39 is 0 Å². The fourth-order valence-corrected chi connectivity index (χ4v) is 2.01. The second-order valence-electron chi connectivity index (χ2n) is 4.37. The molecule has 0 unspecified atom stereocenters. The first-order valence-electron chi connectivity index (χ1n) is 6.06. The summed E-state index contributed by atoms with van der Waals surface area (Å²) in [6.07, 6.45) is 0. The van der Waals surface area contributed by atoms with Crippen molar-refractivity contribution in [1.29, 1.82) is 5.26 Å². The molecule has 0 N–H and O–H groups in total. The van der Waals surface area contributed by atoms with Gasteiger partial charge in [-0.3, -0.25) is 0 Å². The highest BCUT2D eigenvalue weighted by molar-refractivity contribution is 5.64. The highest BCUT2D eigenvalue weighted by Crippen LogP contribution is 2.36. The van der Waals surface area contributed by atoms with E-state index in [9.17, 15) is 0 Å². The molecule has 2 heterocycles. The van der Waals surface area contributed by atoms with Crippen LogP contribution < -0.4 is 14.4 Å². The first-order chi connectivity index (χ1) is 9.67. The molecule has 1 aromatic heterocycles. The van der Waals surface area contributed by atoms with Crippen molar-refractivity contribution in [1.82, 2.24) is 9.97 Å². The fourth-order valence-electron chi connectivity index (χ4n) is 2.01. The molecule has 0 bridgehead atoms. The number of hydrogen-bond acceptors (Lipinski definition) is 6. The van der Waals surface area contributed by atoms with Crippen LogP contribution in [0.3, 0.4) is 0 Å². The van der Waals surface area contributed by atoms with E-state index in [4.69, 9.17) is 14.7 Å². The van der Waals surface area contributed by atoms with Crippen LogP contribution in [0.25, 0.3) is 0 Å². The maximum atomic E-state index is 8.97. The lowest BCUT2D eigenvalue weighted by Crippen LogP contribution is -2.12. The molecule has 0 fully saturated rings. The third-order valence-electron chi connectivity index (χ3n) is 3.03. The van der Waals surface area contributed by atoms with Crippen LogP contribution in [0.5, 0.6) is 11.5 Å². The SMILES string of the molecule is Cc1nc(C#N)cc(N(C)c2ccc3c(c2)OCO3)n1. The van der Waals surface area contributed by atoms with Gasteiger partial charge in [-0.15, -0.1) is 0 Å². The number of ether oxygens (including phenoxy) is 2. The number of anilines is 2. The molecule has 0 saturated carbocycles. The van der Waals surface area contributed by atoms with Gasteiger partial charge in [0.25, 0.3) is 0 Å². The van der Waals surface area contributed by atoms with Gasteiger partial charge in [0.2, 0.25) is 6.79 Å². The number of rotatable bonds is 2. The third kappa shape index (κ3) is 2.10. The summed E-state index contributed by atoms with van der Waals surface area (Å²) < 4.78 is 10.6. The van der Waals surface area contributed by atoms with Crippen molar-refractivity contribution in [2.75, 3.05) is 18.7 Å². The molecule has 0 spiro atoms. The predicted molar refractivity (Wildman–Crippen MR) is 72.1 cm³/mol. The number of nitrogens with zero attached hydrogens (tertiary/aromatic N) is 4. The van der Waals surface area contributed by atoms with E-state index in [1.807, 2.05) is 36.2 Å². The molecule has 0 saturated heterocycles. The van der Waals surface area contributed by atoms with Crippen LogP contribution in [0, 0.1) is 18.3 Å². The van der Waals surface area contributed by atoms with E-state index in [2.05, 4.69) is 9.97 Å². The average molecular weight is 268 g/mol. The van der Waals surface area contributed by atoms with Gasteiger partial charge in [-0.05, 0) is 19.1 Å². The summed E-state index contributed by atoms with van der Waals surface area (Å²) >= 11 is 0. The summed E-state index contributed by atoms with van der Waals surface area (Å²) in [5, 5.41) is 8.97. The molecule has 0 amide bonds. The van der Waals surface area contributed by atoms with Crippen molar-refractivity contribution in [3.63, 3.8) is 0 Å². The Morgan fingerprint density at radius 1 is 1.20 bits per heavy atom. The topological polar surface area (TPSA) is 71.3 Å². The maximum absolute atomic E-state index is 8.97. The Morgan fingerprint density at radius 3 is 2.80 bits per heavy atom. The Morgan fingerprint density at radius 2 is 2.00 bits per heavy atom. The molecule has 6 heteroatoms. The van der Waals surface area contributed by atoms with Crippen LogP contribution in [0.2, 0.25) is 0 Å². The molecule has 3 rings (SSSR count). The second kappa shape index (κ2) is 4.70. The highest BCUT2D eigenvalue weighted by atomic mass is 16.7. The van der Waals surface area contributed by atoms with Gasteiger partial charge in [0.1, 0.15) is 23.4 Å². The predicted octanol–water partition coefficient (Wildman–Crippen LogP) is 2.15. The highest BCUT2D eigenvalue weighted by Gasteiger charge is 2.16. The summed E-state index contributed by atoms with van der Waals surface area (Å²) in [5.74, 6) is 2.67. The Hall–Kier alpha value is -2.81. The van der Waals surface area contributed by atoms with Crippen LogP contribution in [0.15, 0.2) is 24.3 Å². The first-order valence-corrected chi connectivity index (χ1v) is 6.06. The van der Waals surface area contributed by atoms with Gasteiger partial charge in [0, 0.05) is 24.9 Å². The zero-order chi connectivity index (χ0) is 14.1. The van der Waals surface area contributed by atoms with E-state index in [1.165, 1.54) is 0 Å². The lowest BCUT2D eigenvalue weighted by atomic mass is 10.2. The summed E-state index contributed by atoms with van der Waals surface area (Å²) in [5.41, 5.74) is 1.25. The second-order valence-corrected chi connectivity index (χ2v) is 4.37. The normalized spacial score (nSPS) is 12.1. The standard InChI is InChI=1S/C14H12N4O2/c1-9-16-10(7-15)5-14(17-9)18(2)11-3-4-12-13(6-11)20-8-19-12/h3-6H,8H2,1-2H3. The smallest absolute Gasteiger partial charge is 0.231 e. The minimum atomic E-state index is 0.244. The minimum Gasteiger partial charge on any atom is -0.454 e. The van der Waals surface area contributed by atoms with E-state index in [0.717, 1.165) is 11.4 Å². The van der Waals surface area contributed by atoms with Crippen LogP contribution >= 0.6 is 0 Å². The molecule has 0 aliphatic carbocycles. The molecular weight excluding hydrogens is 256 g/mol. The Bertz CT molecular complexity index is 709. The number of aromatic nitrogens is 2. The molecule has 2 aromatic rings. The summed E-state index contributed by atoms with van der Waals surface area (Å²) in [6, 6.07) is 9.33. The van der Waals surface area contributed by atoms with Gasteiger partial charge in [-0.25, -0.2) is 9.97 Å². The molecule has 1 aliphatic rings. The quantitative estimate of drug-likeness (QED) is 0.831. The van der Waals surface area contributed by atoms with Gasteiger partial charge in [0.15, 0.2) is 11.5 Å². The van der Waals surface area contributed by atoms with Crippen molar-refractivity contribution in [2.24, 2.45) is 0 Å². The van der Waals surface area contributed by atoms with Gasteiger partial charge < -0.3 is 14.4 Å². The molecule has 6 nitrogen and oxygen atoms in total. The molecule has 0 radical (unpaired) electrons. The Balaban J connectivity index is 1.98. The zero-order valence-electron chi connectivity index (χ0n) is 11.1. The van der Waals surface area contributed by atoms with Crippen LogP contribution in [0.4, 0.5) is 11.5 Å². The van der Waals surface area contributed by atoms with Gasteiger partial charge in [-0.2, -0.15) is 5.26 Å². The van der Waals surface area contributed by atoms with E-state index in [-0.39, 0.29) is 6.79 Å². The number of fused-ring (bicyclic) bond motifs is 1. The number of hydrogen-bond donors (Lipinski definition) is 0.